The largest absolute Gasteiger partial charge is 0.395 e. The average molecular weight is 303 g/mol. The summed E-state index contributed by atoms with van der Waals surface area (Å²) >= 11 is 6.05. The minimum absolute atomic E-state index is 0.0862. The van der Waals surface area contributed by atoms with E-state index < -0.39 is 5.41 Å². The summed E-state index contributed by atoms with van der Waals surface area (Å²) in [4.78, 5) is 13.2. The second kappa shape index (κ2) is 6.90. The van der Waals surface area contributed by atoms with E-state index in [1.54, 1.807) is 13.1 Å². The van der Waals surface area contributed by atoms with Crippen LogP contribution < -0.4 is 5.32 Å². The molecule has 1 aromatic rings. The van der Waals surface area contributed by atoms with Gasteiger partial charge in [0.25, 0.3) is 0 Å². The molecule has 2 amide bonds. The molecule has 0 spiro atoms. The molecule has 112 valence electrons. The number of aliphatic hydroxyl groups excluding tert-OH is 1. The van der Waals surface area contributed by atoms with Crippen molar-refractivity contribution in [2.75, 3.05) is 26.7 Å². The van der Waals surface area contributed by atoms with Crippen LogP contribution in [0.1, 0.15) is 19.4 Å². The first-order valence-electron chi connectivity index (χ1n) is 6.33. The highest BCUT2D eigenvalue weighted by Crippen LogP contribution is 2.29. The van der Waals surface area contributed by atoms with Gasteiger partial charge in [-0.1, -0.05) is 31.5 Å². The number of aliphatic hydroxyl groups is 1. The number of carbonyl (C=O) groups excluding carboxylic acids is 1. The molecule has 0 aromatic heterocycles. The molecule has 1 rings (SSSR count). The van der Waals surface area contributed by atoms with Crippen LogP contribution in [-0.4, -0.2) is 42.8 Å². The zero-order valence-corrected chi connectivity index (χ0v) is 12.7. The van der Waals surface area contributed by atoms with Gasteiger partial charge in [0.05, 0.1) is 6.61 Å². The number of likely N-dealkylation sites (N-methyl/N-ethyl adjacent to an activating group) is 1. The van der Waals surface area contributed by atoms with Gasteiger partial charge in [0, 0.05) is 30.6 Å². The van der Waals surface area contributed by atoms with Gasteiger partial charge in [-0.25, -0.2) is 9.18 Å². The Kier molecular flexibility index (Phi) is 5.77. The Morgan fingerprint density at radius 3 is 2.70 bits per heavy atom. The summed E-state index contributed by atoms with van der Waals surface area (Å²) in [6.45, 7) is 4.37. The van der Waals surface area contributed by atoms with Crippen LogP contribution in [-0.2, 0) is 5.41 Å². The van der Waals surface area contributed by atoms with E-state index in [0.717, 1.165) is 5.56 Å². The van der Waals surface area contributed by atoms with Gasteiger partial charge in [0.15, 0.2) is 0 Å². The number of rotatable bonds is 5. The molecule has 0 radical (unpaired) electrons. The molecule has 0 bridgehead atoms. The summed E-state index contributed by atoms with van der Waals surface area (Å²) in [5.74, 6) is -0.388. The Morgan fingerprint density at radius 1 is 1.50 bits per heavy atom. The number of hydrogen-bond acceptors (Lipinski definition) is 2. The molecule has 0 saturated carbocycles. The first-order chi connectivity index (χ1) is 9.27. The molecule has 1 aromatic carbocycles. The maximum atomic E-state index is 13.1. The summed E-state index contributed by atoms with van der Waals surface area (Å²) in [6, 6.07) is 3.97. The van der Waals surface area contributed by atoms with Gasteiger partial charge in [-0.15, -0.1) is 0 Å². The molecule has 0 atom stereocenters. The van der Waals surface area contributed by atoms with E-state index in [4.69, 9.17) is 16.7 Å². The molecule has 0 unspecified atom stereocenters. The highest BCUT2D eigenvalue weighted by Gasteiger charge is 2.24. The van der Waals surface area contributed by atoms with Crippen LogP contribution in [0.5, 0.6) is 0 Å². The second-order valence-electron chi connectivity index (χ2n) is 5.31. The molecule has 0 aliphatic carbocycles. The zero-order chi connectivity index (χ0) is 15.3. The SMILES string of the molecule is CN(CCO)C(=O)NCC(C)(C)c1ccc(F)cc1Cl. The van der Waals surface area contributed by atoms with Crippen molar-refractivity contribution in [1.29, 1.82) is 0 Å². The van der Waals surface area contributed by atoms with Crippen molar-refractivity contribution in [2.24, 2.45) is 0 Å². The molecule has 0 aliphatic rings. The summed E-state index contributed by atoms with van der Waals surface area (Å²) in [7, 11) is 1.60. The quantitative estimate of drug-likeness (QED) is 0.877. The van der Waals surface area contributed by atoms with Crippen LogP contribution in [0.25, 0.3) is 0 Å². The Labute approximate surface area is 123 Å². The van der Waals surface area contributed by atoms with Crippen LogP contribution >= 0.6 is 11.6 Å². The molecular weight excluding hydrogens is 283 g/mol. The lowest BCUT2D eigenvalue weighted by molar-refractivity contribution is 0.188. The lowest BCUT2D eigenvalue weighted by Crippen LogP contribution is -2.44. The molecule has 4 nitrogen and oxygen atoms in total. The molecular formula is C14H20ClFN2O2. The smallest absolute Gasteiger partial charge is 0.317 e. The van der Waals surface area contributed by atoms with E-state index in [0.29, 0.717) is 11.6 Å². The summed E-state index contributed by atoms with van der Waals surface area (Å²) < 4.78 is 13.1. The summed E-state index contributed by atoms with van der Waals surface area (Å²) in [5.41, 5.74) is 0.339. The fraction of sp³-hybridized carbons (Fsp3) is 0.500. The van der Waals surface area contributed by atoms with Crippen LogP contribution in [0.2, 0.25) is 5.02 Å². The van der Waals surface area contributed by atoms with Gasteiger partial charge in [-0.05, 0) is 17.7 Å². The van der Waals surface area contributed by atoms with Gasteiger partial charge < -0.3 is 15.3 Å². The number of benzene rings is 1. The Balaban J connectivity index is 2.72. The third kappa shape index (κ3) is 4.35. The number of nitrogens with zero attached hydrogens (tertiary/aromatic N) is 1. The number of urea groups is 1. The van der Waals surface area contributed by atoms with Gasteiger partial charge in [0.1, 0.15) is 5.82 Å². The number of carbonyl (C=O) groups is 1. The normalized spacial score (nSPS) is 11.3. The second-order valence-corrected chi connectivity index (χ2v) is 5.72. The number of hydrogen-bond donors (Lipinski definition) is 2. The Morgan fingerprint density at radius 2 is 2.15 bits per heavy atom. The monoisotopic (exact) mass is 302 g/mol. The van der Waals surface area contributed by atoms with Crippen molar-refractivity contribution < 1.29 is 14.3 Å². The third-order valence-corrected chi connectivity index (χ3v) is 3.44. The van der Waals surface area contributed by atoms with E-state index in [9.17, 15) is 9.18 Å². The fourth-order valence-corrected chi connectivity index (χ4v) is 2.24. The molecule has 0 fully saturated rings. The highest BCUT2D eigenvalue weighted by atomic mass is 35.5. The third-order valence-electron chi connectivity index (χ3n) is 3.12. The van der Waals surface area contributed by atoms with E-state index >= 15 is 0 Å². The van der Waals surface area contributed by atoms with Crippen LogP contribution in [0.4, 0.5) is 9.18 Å². The van der Waals surface area contributed by atoms with Crippen molar-refractivity contribution in [1.82, 2.24) is 10.2 Å². The van der Waals surface area contributed by atoms with Crippen molar-refractivity contribution >= 4 is 17.6 Å². The zero-order valence-electron chi connectivity index (χ0n) is 11.9. The minimum atomic E-state index is -0.430. The Bertz CT molecular complexity index is 480. The lowest BCUT2D eigenvalue weighted by atomic mass is 9.84. The number of halogens is 2. The van der Waals surface area contributed by atoms with Crippen molar-refractivity contribution in [3.8, 4) is 0 Å². The summed E-state index contributed by atoms with van der Waals surface area (Å²) in [5, 5.41) is 11.9. The lowest BCUT2D eigenvalue weighted by Gasteiger charge is -2.28. The molecule has 2 N–H and O–H groups in total. The van der Waals surface area contributed by atoms with Gasteiger partial charge in [0.2, 0.25) is 0 Å². The van der Waals surface area contributed by atoms with Crippen LogP contribution in [0, 0.1) is 5.82 Å². The topological polar surface area (TPSA) is 52.6 Å². The number of nitrogens with one attached hydrogen (secondary N) is 1. The van der Waals surface area contributed by atoms with E-state index in [-0.39, 0.29) is 25.0 Å². The maximum absolute atomic E-state index is 13.1. The van der Waals surface area contributed by atoms with E-state index in [1.807, 2.05) is 13.8 Å². The molecule has 0 aliphatic heterocycles. The van der Waals surface area contributed by atoms with Crippen LogP contribution in [0.15, 0.2) is 18.2 Å². The first kappa shape index (κ1) is 16.7. The predicted molar refractivity (Wildman–Crippen MR) is 77.6 cm³/mol. The van der Waals surface area contributed by atoms with E-state index in [1.165, 1.54) is 17.0 Å². The van der Waals surface area contributed by atoms with Gasteiger partial charge in [-0.2, -0.15) is 0 Å². The maximum Gasteiger partial charge on any atom is 0.317 e. The highest BCUT2D eigenvalue weighted by molar-refractivity contribution is 6.31. The van der Waals surface area contributed by atoms with Crippen molar-refractivity contribution in [3.05, 3.63) is 34.6 Å². The van der Waals surface area contributed by atoms with Gasteiger partial charge >= 0.3 is 6.03 Å². The predicted octanol–water partition coefficient (Wildman–Crippen LogP) is 2.39. The van der Waals surface area contributed by atoms with Crippen molar-refractivity contribution in [2.45, 2.75) is 19.3 Å². The molecule has 0 saturated heterocycles. The van der Waals surface area contributed by atoms with E-state index in [2.05, 4.69) is 5.32 Å². The van der Waals surface area contributed by atoms with Crippen molar-refractivity contribution in [3.63, 3.8) is 0 Å². The standard InChI is InChI=1S/C14H20ClFN2O2/c1-14(2,9-17-13(20)18(3)6-7-19)11-5-4-10(16)8-12(11)15/h4-5,8,19H,6-7,9H2,1-3H3,(H,17,20). The Hall–Kier alpha value is -1.33. The van der Waals surface area contributed by atoms with Crippen LogP contribution in [0.3, 0.4) is 0 Å². The molecule has 20 heavy (non-hydrogen) atoms. The minimum Gasteiger partial charge on any atom is -0.395 e. The molecule has 6 heteroatoms. The molecule has 0 heterocycles. The average Bonchev–Trinajstić information content (AvgIpc) is 2.35. The summed E-state index contributed by atoms with van der Waals surface area (Å²) in [6.07, 6.45) is 0. The first-order valence-corrected chi connectivity index (χ1v) is 6.71. The van der Waals surface area contributed by atoms with Gasteiger partial charge in [-0.3, -0.25) is 0 Å². The number of amides is 2. The fourth-order valence-electron chi connectivity index (χ4n) is 1.82.